The standard InChI is InChI=1S/2C8H8.Hf/c2*1-2-4-6-8-7-5-3-1;/h2*1-8H;/b2*2-1-,3-1?,4-2?,5-3-,6-4-,7-5?,8-6?,8-7-;. The van der Waals surface area contributed by atoms with Crippen LogP contribution in [0.25, 0.3) is 0 Å². The van der Waals surface area contributed by atoms with E-state index in [0.717, 1.165) is 0 Å². The normalized spacial score (nSPS) is 30.1. The van der Waals surface area contributed by atoms with Crippen LogP contribution in [0.4, 0.5) is 0 Å². The SMILES string of the molecule is C1=C\C=C/C=C\C=C/1.C1=C\C=C/C=C\C=C/1.[Hf]. The van der Waals surface area contributed by atoms with Gasteiger partial charge in [0.25, 0.3) is 0 Å². The molecule has 0 aromatic rings. The van der Waals surface area contributed by atoms with Crippen LogP contribution in [-0.2, 0) is 25.8 Å². The molecule has 2 aliphatic carbocycles. The van der Waals surface area contributed by atoms with E-state index >= 15 is 0 Å². The summed E-state index contributed by atoms with van der Waals surface area (Å²) in [5.41, 5.74) is 0. The zero-order valence-corrected chi connectivity index (χ0v) is 13.3. The minimum absolute atomic E-state index is 0. The van der Waals surface area contributed by atoms with E-state index in [-0.39, 0.29) is 25.8 Å². The molecule has 2 rings (SSSR count). The Kier molecular flexibility index (Phi) is 11.9. The summed E-state index contributed by atoms with van der Waals surface area (Å²) in [5, 5.41) is 0. The molecule has 0 heterocycles. The fourth-order valence-corrected chi connectivity index (χ4v) is 1.03. The fourth-order valence-electron chi connectivity index (χ4n) is 1.03. The Bertz CT molecular complexity index is 247. The van der Waals surface area contributed by atoms with E-state index in [4.69, 9.17) is 0 Å². The molecule has 0 N–H and O–H groups in total. The molecular formula is C16H16Hf. The molecule has 0 saturated heterocycles. The van der Waals surface area contributed by atoms with Gasteiger partial charge in [0.05, 0.1) is 0 Å². The van der Waals surface area contributed by atoms with Gasteiger partial charge in [-0.15, -0.1) is 0 Å². The maximum atomic E-state index is 2.00. The summed E-state index contributed by atoms with van der Waals surface area (Å²) in [5.74, 6) is 0. The van der Waals surface area contributed by atoms with Crippen molar-refractivity contribution in [2.24, 2.45) is 0 Å². The van der Waals surface area contributed by atoms with Gasteiger partial charge >= 0.3 is 0 Å². The van der Waals surface area contributed by atoms with Crippen molar-refractivity contribution in [3.8, 4) is 0 Å². The molecule has 0 atom stereocenters. The van der Waals surface area contributed by atoms with E-state index < -0.39 is 0 Å². The second-order valence-electron chi connectivity index (χ2n) is 3.08. The van der Waals surface area contributed by atoms with Gasteiger partial charge in [-0.3, -0.25) is 0 Å². The van der Waals surface area contributed by atoms with Crippen LogP contribution in [-0.4, -0.2) is 0 Å². The third-order valence-electron chi connectivity index (χ3n) is 1.78. The smallest absolute Gasteiger partial charge is 0 e. The quantitative estimate of drug-likeness (QED) is 0.540. The number of allylic oxidation sites excluding steroid dienone is 16. The van der Waals surface area contributed by atoms with Gasteiger partial charge < -0.3 is 0 Å². The Hall–Kier alpha value is -1.21. The summed E-state index contributed by atoms with van der Waals surface area (Å²) < 4.78 is 0. The van der Waals surface area contributed by atoms with Crippen molar-refractivity contribution >= 4 is 0 Å². The summed E-state index contributed by atoms with van der Waals surface area (Å²) in [6.07, 6.45) is 32.0. The summed E-state index contributed by atoms with van der Waals surface area (Å²) in [6.45, 7) is 0. The Morgan fingerprint density at radius 3 is 0.294 bits per heavy atom. The van der Waals surface area contributed by atoms with Gasteiger partial charge in [-0.05, 0) is 0 Å². The Morgan fingerprint density at radius 2 is 0.235 bits per heavy atom. The van der Waals surface area contributed by atoms with Crippen molar-refractivity contribution in [2.75, 3.05) is 0 Å². The Labute approximate surface area is 123 Å². The van der Waals surface area contributed by atoms with E-state index in [1.54, 1.807) is 0 Å². The molecule has 0 aromatic heterocycles. The zero-order chi connectivity index (χ0) is 11.3. The van der Waals surface area contributed by atoms with Gasteiger partial charge in [0, 0.05) is 25.8 Å². The molecule has 0 amide bonds. The first-order valence-electron chi connectivity index (χ1n) is 5.33. The molecule has 0 aromatic carbocycles. The molecule has 2 aliphatic rings. The van der Waals surface area contributed by atoms with Gasteiger partial charge in [-0.2, -0.15) is 0 Å². The van der Waals surface area contributed by atoms with E-state index in [0.29, 0.717) is 0 Å². The van der Waals surface area contributed by atoms with Gasteiger partial charge in [0.1, 0.15) is 0 Å². The van der Waals surface area contributed by atoms with Gasteiger partial charge in [0.2, 0.25) is 0 Å². The number of hydrogen-bond acceptors (Lipinski definition) is 0. The summed E-state index contributed by atoms with van der Waals surface area (Å²) in [6, 6.07) is 0. The van der Waals surface area contributed by atoms with Crippen molar-refractivity contribution in [1.82, 2.24) is 0 Å². The predicted molar refractivity (Wildman–Crippen MR) is 73.1 cm³/mol. The maximum absolute atomic E-state index is 2.00. The van der Waals surface area contributed by atoms with Crippen molar-refractivity contribution in [3.05, 3.63) is 97.2 Å². The van der Waals surface area contributed by atoms with Gasteiger partial charge in [-0.25, -0.2) is 0 Å². The molecule has 0 unspecified atom stereocenters. The topological polar surface area (TPSA) is 0 Å². The molecule has 17 heavy (non-hydrogen) atoms. The Balaban J connectivity index is 0.000000284. The predicted octanol–water partition coefficient (Wildman–Crippen LogP) is 4.45. The molecule has 0 fully saturated rings. The third kappa shape index (κ3) is 11.1. The molecule has 0 saturated carbocycles. The minimum atomic E-state index is 0. The van der Waals surface area contributed by atoms with Crippen molar-refractivity contribution in [2.45, 2.75) is 0 Å². The van der Waals surface area contributed by atoms with Gasteiger partial charge in [-0.1, -0.05) is 97.2 Å². The number of rotatable bonds is 0. The molecule has 0 bridgehead atoms. The van der Waals surface area contributed by atoms with Crippen LogP contribution in [0.3, 0.4) is 0 Å². The second kappa shape index (κ2) is 12.9. The third-order valence-corrected chi connectivity index (χ3v) is 1.78. The van der Waals surface area contributed by atoms with Gasteiger partial charge in [0.15, 0.2) is 0 Å². The summed E-state index contributed by atoms with van der Waals surface area (Å²) in [7, 11) is 0. The Morgan fingerprint density at radius 1 is 0.176 bits per heavy atom. The van der Waals surface area contributed by atoms with Crippen LogP contribution in [0.2, 0.25) is 0 Å². The summed E-state index contributed by atoms with van der Waals surface area (Å²) >= 11 is 0. The molecule has 1 heteroatoms. The molecule has 0 spiro atoms. The van der Waals surface area contributed by atoms with Crippen LogP contribution >= 0.6 is 0 Å². The maximum Gasteiger partial charge on any atom is 0 e. The van der Waals surface area contributed by atoms with E-state index in [2.05, 4.69) is 0 Å². The van der Waals surface area contributed by atoms with Crippen LogP contribution in [0.1, 0.15) is 0 Å². The first-order chi connectivity index (χ1) is 8.00. The molecule has 0 nitrogen and oxygen atoms in total. The van der Waals surface area contributed by atoms with Crippen LogP contribution in [0.5, 0.6) is 0 Å². The molecule has 0 radical (unpaired) electrons. The zero-order valence-electron chi connectivity index (χ0n) is 9.74. The van der Waals surface area contributed by atoms with Crippen molar-refractivity contribution < 1.29 is 25.8 Å². The van der Waals surface area contributed by atoms with Crippen LogP contribution in [0, 0.1) is 0 Å². The van der Waals surface area contributed by atoms with Crippen LogP contribution < -0.4 is 0 Å². The number of hydrogen-bond donors (Lipinski definition) is 0. The largest absolute Gasteiger partial charge is 0.0623 e. The molecule has 84 valence electrons. The summed E-state index contributed by atoms with van der Waals surface area (Å²) in [4.78, 5) is 0. The van der Waals surface area contributed by atoms with Crippen molar-refractivity contribution in [1.29, 1.82) is 0 Å². The monoisotopic (exact) mass is 388 g/mol. The van der Waals surface area contributed by atoms with E-state index in [1.807, 2.05) is 97.2 Å². The van der Waals surface area contributed by atoms with Crippen LogP contribution in [0.15, 0.2) is 97.2 Å². The fraction of sp³-hybridized carbons (Fsp3) is 0. The van der Waals surface area contributed by atoms with Crippen molar-refractivity contribution in [3.63, 3.8) is 0 Å². The molecule has 0 aliphatic heterocycles. The van der Waals surface area contributed by atoms with E-state index in [9.17, 15) is 0 Å². The first-order valence-corrected chi connectivity index (χ1v) is 5.33. The average Bonchev–Trinajstić information content (AvgIpc) is 2.15. The molecular weight excluding hydrogens is 371 g/mol. The second-order valence-corrected chi connectivity index (χ2v) is 3.08. The first kappa shape index (κ1) is 15.8. The van der Waals surface area contributed by atoms with E-state index in [1.165, 1.54) is 0 Å². The minimum Gasteiger partial charge on any atom is -0.0623 e. The average molecular weight is 387 g/mol.